The monoisotopic (exact) mass is 448 g/mol. The van der Waals surface area contributed by atoms with Gasteiger partial charge in [-0.3, -0.25) is 9.59 Å². The highest BCUT2D eigenvalue weighted by molar-refractivity contribution is 5.81. The highest BCUT2D eigenvalue weighted by Crippen LogP contribution is 2.19. The number of Topliss-reactive ketones (excluding diaryl/α,β-unsaturated/α-hetero) is 1. The molecule has 2 N–H and O–H groups in total. The van der Waals surface area contributed by atoms with E-state index in [9.17, 15) is 14.7 Å². The summed E-state index contributed by atoms with van der Waals surface area (Å²) >= 11 is 0. The number of quaternary nitrogens is 3. The largest absolute Gasteiger partial charge is 0.390 e. The van der Waals surface area contributed by atoms with E-state index in [1.54, 1.807) is 0 Å². The van der Waals surface area contributed by atoms with Crippen molar-refractivity contribution in [3.8, 4) is 0 Å². The predicted molar refractivity (Wildman–Crippen MR) is 134 cm³/mol. The number of aliphatic hydroxyl groups excluding tert-OH is 1. The molecule has 0 saturated heterocycles. The highest BCUT2D eigenvalue weighted by atomic mass is 16.3. The lowest BCUT2D eigenvalue weighted by Crippen LogP contribution is -2.58. The van der Waals surface area contributed by atoms with Gasteiger partial charge < -0.3 is 46.2 Å². The minimum atomic E-state index is -0.389. The van der Waals surface area contributed by atoms with Gasteiger partial charge in [-0.2, -0.15) is 0 Å². The molecule has 1 atom stereocenters. The summed E-state index contributed by atoms with van der Waals surface area (Å²) in [5, 5.41) is 12.7. The van der Waals surface area contributed by atoms with Gasteiger partial charge in [0.1, 0.15) is 19.7 Å². The van der Waals surface area contributed by atoms with Crippen LogP contribution in [0.1, 0.15) is 33.6 Å². The van der Waals surface area contributed by atoms with Crippen LogP contribution < -0.4 is 5.32 Å². The number of carbonyl (C=O) groups is 2. The van der Waals surface area contributed by atoms with Crippen LogP contribution in [-0.2, 0) is 9.59 Å². The van der Waals surface area contributed by atoms with E-state index in [0.29, 0.717) is 33.1 Å². The third kappa shape index (κ3) is 14.6. The van der Waals surface area contributed by atoms with Crippen LogP contribution in [0.4, 0.5) is 0 Å². The van der Waals surface area contributed by atoms with E-state index in [1.807, 2.05) is 34.9 Å². The number of ketones is 1. The number of hydrogen-bond donors (Lipinski definition) is 2. The number of nitrogens with one attached hydrogen (secondary N) is 1. The van der Waals surface area contributed by atoms with E-state index in [-0.39, 0.29) is 52.0 Å². The van der Waals surface area contributed by atoms with Gasteiger partial charge >= 0.3 is 0 Å². The first-order chi connectivity index (χ1) is 12.5. The molecule has 190 valence electrons. The van der Waals surface area contributed by atoms with Crippen molar-refractivity contribution >= 4 is 11.7 Å². The van der Waals surface area contributed by atoms with Gasteiger partial charge in [0.2, 0.25) is 5.91 Å². The second kappa shape index (κ2) is 14.2. The molecule has 0 saturated carbocycles. The number of hydrogen-bond acceptors (Lipinski definition) is 3. The Hall–Kier alpha value is -1.02. The van der Waals surface area contributed by atoms with E-state index >= 15 is 0 Å². The molecule has 7 heteroatoms. The Labute approximate surface area is 195 Å². The number of nitrogens with zero attached hydrogens (tertiary/aromatic N) is 3. The topological polar surface area (TPSA) is 66.4 Å². The van der Waals surface area contributed by atoms with Crippen molar-refractivity contribution in [2.75, 3.05) is 82.2 Å². The molecule has 0 rings (SSSR count). The standard InChI is InChI=1S/C21H46N4O3.3CH3/c1-11-21(2,3)20(28)22-17-25(9,10)15-19(27)12-13-24(7,8)14-18(16-26)23(4,5)6;;;/h18,26H,11-17H2,1-10H3;3*1H3/q+2;3*-1/p+1. The number of amides is 1. The lowest BCUT2D eigenvalue weighted by molar-refractivity contribution is -0.955. The highest BCUT2D eigenvalue weighted by Gasteiger charge is 2.32. The number of rotatable bonds is 13. The third-order valence-electron chi connectivity index (χ3n) is 5.78. The number of aliphatic hydroxyl groups is 1. The summed E-state index contributed by atoms with van der Waals surface area (Å²) in [6.45, 7) is 8.40. The lowest BCUT2D eigenvalue weighted by atomic mass is 9.89. The van der Waals surface area contributed by atoms with Crippen molar-refractivity contribution in [1.29, 1.82) is 0 Å². The summed E-state index contributed by atoms with van der Waals surface area (Å²) in [6.07, 6.45) is 1.28. The van der Waals surface area contributed by atoms with Gasteiger partial charge in [0.25, 0.3) is 0 Å². The second-order valence-electron chi connectivity index (χ2n) is 11.1. The molecular weight excluding hydrogens is 392 g/mol. The fraction of sp³-hybridized carbons (Fsp3) is 0.792. The summed E-state index contributed by atoms with van der Waals surface area (Å²) in [4.78, 5) is 24.8. The van der Waals surface area contributed by atoms with Crippen molar-refractivity contribution in [3.63, 3.8) is 0 Å². The quantitative estimate of drug-likeness (QED) is 0.257. The van der Waals surface area contributed by atoms with E-state index in [2.05, 4.69) is 40.6 Å². The van der Waals surface area contributed by atoms with Crippen LogP contribution in [0.2, 0.25) is 0 Å². The maximum absolute atomic E-state index is 12.6. The molecule has 1 amide bonds. The fourth-order valence-corrected chi connectivity index (χ4v) is 2.93. The van der Waals surface area contributed by atoms with Crippen LogP contribution in [0.15, 0.2) is 0 Å². The van der Waals surface area contributed by atoms with Crippen molar-refractivity contribution < 1.29 is 28.1 Å². The normalized spacial score (nSPS) is 13.3. The maximum Gasteiger partial charge on any atom is 0.229 e. The molecular formula is C24H56N4O3. The molecule has 1 unspecified atom stereocenters. The van der Waals surface area contributed by atoms with E-state index in [1.165, 1.54) is 0 Å². The predicted octanol–water partition coefficient (Wildman–Crippen LogP) is 2.03. The van der Waals surface area contributed by atoms with Gasteiger partial charge in [-0.1, -0.05) is 20.8 Å². The zero-order chi connectivity index (χ0) is 22.4. The molecule has 7 nitrogen and oxygen atoms in total. The Bertz CT molecular complexity index is 523. The Morgan fingerprint density at radius 3 is 1.81 bits per heavy atom. The number of likely N-dealkylation sites (N-methyl/N-ethyl adjacent to an activating group) is 3. The van der Waals surface area contributed by atoms with E-state index in [4.69, 9.17) is 0 Å². The summed E-state index contributed by atoms with van der Waals surface area (Å²) in [5.74, 6) is 0.229. The average molecular weight is 449 g/mol. The van der Waals surface area contributed by atoms with Gasteiger partial charge in [0, 0.05) is 5.41 Å². The minimum Gasteiger partial charge on any atom is -0.390 e. The molecule has 0 aliphatic carbocycles. The second-order valence-corrected chi connectivity index (χ2v) is 11.1. The van der Waals surface area contributed by atoms with Gasteiger partial charge in [-0.15, -0.1) is 0 Å². The molecule has 31 heavy (non-hydrogen) atoms. The van der Waals surface area contributed by atoms with Crippen LogP contribution in [0, 0.1) is 27.7 Å². The van der Waals surface area contributed by atoms with Gasteiger partial charge in [-0.05, 0) is 6.42 Å². The van der Waals surface area contributed by atoms with Crippen LogP contribution in [0.5, 0.6) is 0 Å². The maximum atomic E-state index is 12.6. The Balaban J connectivity index is -0.00000121. The van der Waals surface area contributed by atoms with Crippen molar-refractivity contribution in [1.82, 2.24) is 5.32 Å². The van der Waals surface area contributed by atoms with Crippen LogP contribution in [0.3, 0.4) is 0 Å². The molecule has 0 aromatic rings. The molecule has 0 aromatic heterocycles. The first kappa shape index (κ1) is 37.3. The van der Waals surface area contributed by atoms with Crippen molar-refractivity contribution in [2.45, 2.75) is 39.7 Å². The molecule has 0 aliphatic rings. The molecule has 0 spiro atoms. The Morgan fingerprint density at radius 1 is 0.935 bits per heavy atom. The first-order valence-electron chi connectivity index (χ1n) is 10.3. The lowest BCUT2D eigenvalue weighted by Gasteiger charge is -2.39. The van der Waals surface area contributed by atoms with Gasteiger partial charge in [0.05, 0.1) is 62.3 Å². The molecule has 0 aliphatic heterocycles. The Kier molecular flexibility index (Phi) is 17.1. The number of carbonyl (C=O) groups excluding carboxylic acids is 2. The zero-order valence-electron chi connectivity index (χ0n) is 23.1. The van der Waals surface area contributed by atoms with Crippen molar-refractivity contribution in [3.05, 3.63) is 22.3 Å². The van der Waals surface area contributed by atoms with E-state index < -0.39 is 0 Å². The van der Waals surface area contributed by atoms with Gasteiger partial charge in [0.15, 0.2) is 18.5 Å². The summed E-state index contributed by atoms with van der Waals surface area (Å²) in [5.41, 5.74) is -0.389. The van der Waals surface area contributed by atoms with Crippen LogP contribution in [-0.4, -0.2) is 119 Å². The SMILES string of the molecule is CCC(C)(C)C(=O)NC[N+](C)(C)CC(=O)CC[N+](C)(C)CC(CO)[N+](C)(C)C.[CH3-].[CH3-].[CH3-]. The summed E-state index contributed by atoms with van der Waals surface area (Å²) < 4.78 is 1.83. The molecule has 0 aromatic carbocycles. The van der Waals surface area contributed by atoms with Gasteiger partial charge in [-0.25, -0.2) is 0 Å². The fourth-order valence-electron chi connectivity index (χ4n) is 2.93. The summed E-state index contributed by atoms with van der Waals surface area (Å²) in [7, 11) is 14.4. The molecule has 0 fully saturated rings. The summed E-state index contributed by atoms with van der Waals surface area (Å²) in [6, 6.07) is 0.134. The van der Waals surface area contributed by atoms with Crippen molar-refractivity contribution in [2.24, 2.45) is 5.41 Å². The minimum absolute atomic E-state index is 0. The smallest absolute Gasteiger partial charge is 0.229 e. The average Bonchev–Trinajstić information content (AvgIpc) is 2.54. The van der Waals surface area contributed by atoms with Crippen LogP contribution >= 0.6 is 0 Å². The van der Waals surface area contributed by atoms with E-state index in [0.717, 1.165) is 19.5 Å². The van der Waals surface area contributed by atoms with Crippen LogP contribution in [0.25, 0.3) is 0 Å². The molecule has 0 bridgehead atoms. The Morgan fingerprint density at radius 2 is 1.42 bits per heavy atom. The third-order valence-corrected chi connectivity index (χ3v) is 5.78. The molecule has 0 radical (unpaired) electrons. The first-order valence-corrected chi connectivity index (χ1v) is 10.3. The zero-order valence-corrected chi connectivity index (χ0v) is 23.1. The molecule has 0 heterocycles.